The third kappa shape index (κ3) is 3.71. The minimum atomic E-state index is -5.00. The van der Waals surface area contributed by atoms with E-state index in [1.165, 1.54) is 0 Å². The Hall–Kier alpha value is -1.08. The molecule has 0 radical (unpaired) electrons. The third-order valence-electron chi connectivity index (χ3n) is 1.79. The number of halogens is 6. The van der Waals surface area contributed by atoms with Gasteiger partial charge in [-0.1, -0.05) is 11.6 Å². The lowest BCUT2D eigenvalue weighted by Gasteiger charge is -2.18. The predicted molar refractivity (Wildman–Crippen MR) is 49.1 cm³/mol. The van der Waals surface area contributed by atoms with Gasteiger partial charge in [-0.2, -0.15) is 22.0 Å². The zero-order valence-electron chi connectivity index (χ0n) is 8.01. The number of aliphatic hydroxyl groups is 1. The van der Waals surface area contributed by atoms with Gasteiger partial charge in [0.05, 0.1) is 0 Å². The second-order valence-corrected chi connectivity index (χ2v) is 3.44. The number of ether oxygens (including phenoxy) is 1. The summed E-state index contributed by atoms with van der Waals surface area (Å²) in [6.45, 7) is -3.30. The van der Waals surface area contributed by atoms with Gasteiger partial charge < -0.3 is 9.84 Å². The minimum Gasteiger partial charge on any atom is -0.434 e. The fourth-order valence-electron chi connectivity index (χ4n) is 1.11. The Labute approximate surface area is 97.6 Å². The van der Waals surface area contributed by atoms with Gasteiger partial charge in [-0.3, -0.25) is 0 Å². The van der Waals surface area contributed by atoms with Gasteiger partial charge in [-0.05, 0) is 18.2 Å². The molecule has 1 aromatic carbocycles. The molecule has 17 heavy (non-hydrogen) atoms. The molecule has 0 aliphatic rings. The van der Waals surface area contributed by atoms with E-state index in [9.17, 15) is 22.0 Å². The van der Waals surface area contributed by atoms with Gasteiger partial charge in [-0.15, -0.1) is 0 Å². The van der Waals surface area contributed by atoms with Crippen LogP contribution in [0.3, 0.4) is 0 Å². The van der Waals surface area contributed by atoms with Gasteiger partial charge in [0.2, 0.25) is 0 Å². The first-order valence-corrected chi connectivity index (χ1v) is 4.58. The molecule has 0 heterocycles. The first-order valence-electron chi connectivity index (χ1n) is 4.21. The van der Waals surface area contributed by atoms with E-state index in [4.69, 9.17) is 16.7 Å². The predicted octanol–water partition coefficient (Wildman–Crippen LogP) is 3.54. The van der Waals surface area contributed by atoms with Crippen molar-refractivity contribution in [3.05, 3.63) is 28.8 Å². The second-order valence-electron chi connectivity index (χ2n) is 3.00. The van der Waals surface area contributed by atoms with E-state index in [0.29, 0.717) is 0 Å². The number of hydrogen-bond donors (Lipinski definition) is 1. The standard InChI is InChI=1S/C9H6ClF5O2/c10-4-1-2-6(17-8(11)12)5(3-4)7(16)9(13,14)15/h1-3,7-8,16H/t7-/m0/s1. The Morgan fingerprint density at radius 2 is 1.82 bits per heavy atom. The third-order valence-corrected chi connectivity index (χ3v) is 2.03. The molecular weight excluding hydrogens is 271 g/mol. The zero-order valence-corrected chi connectivity index (χ0v) is 8.77. The summed E-state index contributed by atoms with van der Waals surface area (Å²) in [5.41, 5.74) is -0.856. The summed E-state index contributed by atoms with van der Waals surface area (Å²) in [6, 6.07) is 2.63. The molecule has 0 amide bonds. The molecule has 0 bridgehead atoms. The summed E-state index contributed by atoms with van der Waals surface area (Å²) >= 11 is 5.43. The van der Waals surface area contributed by atoms with E-state index in [0.717, 1.165) is 18.2 Å². The van der Waals surface area contributed by atoms with E-state index >= 15 is 0 Å². The van der Waals surface area contributed by atoms with E-state index in [1.807, 2.05) is 0 Å². The first-order chi connectivity index (χ1) is 7.71. The Kier molecular flexibility index (Phi) is 4.16. The van der Waals surface area contributed by atoms with Crippen molar-refractivity contribution in [3.8, 4) is 5.75 Å². The van der Waals surface area contributed by atoms with Crippen LogP contribution in [0.2, 0.25) is 5.02 Å². The van der Waals surface area contributed by atoms with Gasteiger partial charge in [0, 0.05) is 10.6 Å². The molecule has 0 aliphatic carbocycles. The largest absolute Gasteiger partial charge is 0.434 e. The molecule has 0 saturated carbocycles. The highest BCUT2D eigenvalue weighted by molar-refractivity contribution is 6.30. The van der Waals surface area contributed by atoms with Crippen molar-refractivity contribution in [2.45, 2.75) is 18.9 Å². The smallest absolute Gasteiger partial charge is 0.418 e. The lowest BCUT2D eigenvalue weighted by molar-refractivity contribution is -0.207. The van der Waals surface area contributed by atoms with E-state index in [1.54, 1.807) is 0 Å². The maximum atomic E-state index is 12.2. The fraction of sp³-hybridized carbons (Fsp3) is 0.333. The number of hydrogen-bond acceptors (Lipinski definition) is 2. The van der Waals surface area contributed by atoms with Gasteiger partial charge in [0.25, 0.3) is 0 Å². The van der Waals surface area contributed by atoms with Crippen LogP contribution >= 0.6 is 11.6 Å². The monoisotopic (exact) mass is 276 g/mol. The summed E-state index contributed by atoms with van der Waals surface area (Å²) in [4.78, 5) is 0. The van der Waals surface area contributed by atoms with E-state index in [-0.39, 0.29) is 5.02 Å². The van der Waals surface area contributed by atoms with Crippen molar-refractivity contribution in [1.29, 1.82) is 0 Å². The SMILES string of the molecule is O[C@@H](c1cc(Cl)ccc1OC(F)F)C(F)(F)F. The van der Waals surface area contributed by atoms with Crippen molar-refractivity contribution in [2.24, 2.45) is 0 Å². The minimum absolute atomic E-state index is 0.134. The molecule has 1 aromatic rings. The molecule has 1 N–H and O–H groups in total. The van der Waals surface area contributed by atoms with Crippen molar-refractivity contribution >= 4 is 11.6 Å². The Morgan fingerprint density at radius 3 is 2.29 bits per heavy atom. The number of aliphatic hydroxyl groups excluding tert-OH is 1. The maximum Gasteiger partial charge on any atom is 0.418 e. The Morgan fingerprint density at radius 1 is 1.24 bits per heavy atom. The molecule has 8 heteroatoms. The molecule has 1 atom stereocenters. The van der Waals surface area contributed by atoms with E-state index in [2.05, 4.69) is 4.74 Å². The summed E-state index contributed by atoms with van der Waals surface area (Å²) in [7, 11) is 0. The normalized spacial score (nSPS) is 13.9. The lowest BCUT2D eigenvalue weighted by atomic mass is 10.1. The van der Waals surface area contributed by atoms with Gasteiger partial charge >= 0.3 is 12.8 Å². The van der Waals surface area contributed by atoms with Crippen molar-refractivity contribution in [1.82, 2.24) is 0 Å². The topological polar surface area (TPSA) is 29.5 Å². The average molecular weight is 277 g/mol. The highest BCUT2D eigenvalue weighted by Gasteiger charge is 2.41. The Bertz CT molecular complexity index is 393. The molecule has 0 saturated heterocycles. The van der Waals surface area contributed by atoms with Crippen LogP contribution in [0.25, 0.3) is 0 Å². The molecule has 0 aliphatic heterocycles. The van der Waals surface area contributed by atoms with Crippen LogP contribution in [-0.4, -0.2) is 17.9 Å². The van der Waals surface area contributed by atoms with Crippen molar-refractivity contribution in [3.63, 3.8) is 0 Å². The zero-order chi connectivity index (χ0) is 13.2. The van der Waals surface area contributed by atoms with Crippen LogP contribution in [-0.2, 0) is 0 Å². The van der Waals surface area contributed by atoms with Gasteiger partial charge in [0.1, 0.15) is 5.75 Å². The van der Waals surface area contributed by atoms with Gasteiger partial charge in [-0.25, -0.2) is 0 Å². The number of alkyl halides is 5. The number of benzene rings is 1. The van der Waals surface area contributed by atoms with Crippen LogP contribution in [0.15, 0.2) is 18.2 Å². The lowest BCUT2D eigenvalue weighted by Crippen LogP contribution is -2.21. The van der Waals surface area contributed by atoms with Crippen molar-refractivity contribution < 1.29 is 31.8 Å². The highest BCUT2D eigenvalue weighted by Crippen LogP contribution is 2.38. The van der Waals surface area contributed by atoms with Crippen molar-refractivity contribution in [2.75, 3.05) is 0 Å². The molecule has 0 fully saturated rings. The summed E-state index contributed by atoms with van der Waals surface area (Å²) in [5.74, 6) is -0.769. The molecular formula is C9H6ClF5O2. The molecule has 0 aromatic heterocycles. The molecule has 2 nitrogen and oxygen atoms in total. The second kappa shape index (κ2) is 5.05. The van der Waals surface area contributed by atoms with E-state index < -0.39 is 30.2 Å². The van der Waals surface area contributed by atoms with Crippen LogP contribution in [0, 0.1) is 0 Å². The average Bonchev–Trinajstić information content (AvgIpc) is 2.17. The van der Waals surface area contributed by atoms with Crippen LogP contribution < -0.4 is 4.74 Å². The summed E-state index contributed by atoms with van der Waals surface area (Å²) < 4.78 is 64.5. The Balaban J connectivity index is 3.15. The van der Waals surface area contributed by atoms with Crippen LogP contribution in [0.4, 0.5) is 22.0 Å². The number of rotatable bonds is 3. The summed E-state index contributed by atoms with van der Waals surface area (Å²) in [5, 5.41) is 8.83. The van der Waals surface area contributed by atoms with Crippen LogP contribution in [0.1, 0.15) is 11.7 Å². The highest BCUT2D eigenvalue weighted by atomic mass is 35.5. The fourth-order valence-corrected chi connectivity index (χ4v) is 1.29. The molecule has 96 valence electrons. The van der Waals surface area contributed by atoms with Crippen LogP contribution in [0.5, 0.6) is 5.75 Å². The summed E-state index contributed by atoms with van der Waals surface area (Å²) in [6.07, 6.45) is -7.93. The quantitative estimate of drug-likeness (QED) is 0.856. The molecule has 0 unspecified atom stereocenters. The first kappa shape index (κ1) is 14.0. The maximum absolute atomic E-state index is 12.2. The molecule has 1 rings (SSSR count). The van der Waals surface area contributed by atoms with Gasteiger partial charge in [0.15, 0.2) is 6.10 Å². The molecule has 0 spiro atoms.